The number of carbonyl (C=O) groups excluding carboxylic acids is 2. The molecule has 0 aliphatic carbocycles. The summed E-state index contributed by atoms with van der Waals surface area (Å²) in [6.07, 6.45) is 0.476. The summed E-state index contributed by atoms with van der Waals surface area (Å²) < 4.78 is 5.84. The molecule has 2 amide bonds. The number of aliphatic carboxylic acids is 1. The van der Waals surface area contributed by atoms with Crippen LogP contribution in [0.1, 0.15) is 19.3 Å². The third kappa shape index (κ3) is 5.48. The molecule has 160 valence electrons. The molecule has 1 fully saturated rings. The molecule has 3 rings (SSSR count). The van der Waals surface area contributed by atoms with Crippen LogP contribution in [0.25, 0.3) is 10.8 Å². The van der Waals surface area contributed by atoms with Gasteiger partial charge in [-0.3, -0.25) is 14.4 Å². The topological polar surface area (TPSA) is 113 Å². The maximum absolute atomic E-state index is 12.5. The number of nitrogens with two attached hydrogens (primary N) is 1. The second-order valence-corrected chi connectivity index (χ2v) is 7.32. The number of ether oxygens (including phenoxy) is 1. The van der Waals surface area contributed by atoms with Gasteiger partial charge in [-0.25, -0.2) is 0 Å². The molecule has 0 unspecified atom stereocenters. The van der Waals surface area contributed by atoms with Crippen LogP contribution in [0.5, 0.6) is 5.75 Å². The summed E-state index contributed by atoms with van der Waals surface area (Å²) in [6, 6.07) is 12.8. The van der Waals surface area contributed by atoms with Crippen LogP contribution >= 0.6 is 0 Å². The van der Waals surface area contributed by atoms with Crippen molar-refractivity contribution in [1.82, 2.24) is 9.80 Å². The summed E-state index contributed by atoms with van der Waals surface area (Å²) in [4.78, 5) is 38.8. The van der Waals surface area contributed by atoms with Gasteiger partial charge >= 0.3 is 5.97 Å². The van der Waals surface area contributed by atoms with Crippen molar-refractivity contribution in [3.05, 3.63) is 42.5 Å². The molecule has 0 saturated carbocycles. The molecule has 2 aromatic carbocycles. The van der Waals surface area contributed by atoms with Crippen molar-refractivity contribution >= 4 is 28.6 Å². The number of nitrogens with zero attached hydrogens (tertiary/aromatic N) is 2. The number of carboxylic acids is 1. The second-order valence-electron chi connectivity index (χ2n) is 7.32. The Hall–Kier alpha value is -3.13. The number of carboxylic acid groups (broad SMARTS) is 1. The molecule has 0 bridgehead atoms. The third-order valence-electron chi connectivity index (χ3n) is 5.29. The lowest BCUT2D eigenvalue weighted by molar-refractivity contribution is -0.141. The zero-order chi connectivity index (χ0) is 21.5. The molecule has 1 aliphatic heterocycles. The predicted molar refractivity (Wildman–Crippen MR) is 112 cm³/mol. The Morgan fingerprint density at radius 1 is 0.933 bits per heavy atom. The number of hydrogen-bond donors (Lipinski definition) is 2. The SMILES string of the molecule is N[C@@H](CCC(=O)N1CCN(C(=O)CCOc2cccc3ccccc23)CC1)C(=O)O. The van der Waals surface area contributed by atoms with Gasteiger partial charge in [-0.15, -0.1) is 0 Å². The summed E-state index contributed by atoms with van der Waals surface area (Å²) in [5.41, 5.74) is 5.44. The van der Waals surface area contributed by atoms with Crippen molar-refractivity contribution in [3.63, 3.8) is 0 Å². The Morgan fingerprint density at radius 3 is 2.20 bits per heavy atom. The molecule has 0 radical (unpaired) electrons. The van der Waals surface area contributed by atoms with Crippen LogP contribution in [-0.4, -0.2) is 71.5 Å². The highest BCUT2D eigenvalue weighted by Gasteiger charge is 2.24. The zero-order valence-electron chi connectivity index (χ0n) is 16.8. The smallest absolute Gasteiger partial charge is 0.320 e. The summed E-state index contributed by atoms with van der Waals surface area (Å²) in [6.45, 7) is 2.10. The van der Waals surface area contributed by atoms with Gasteiger partial charge in [0, 0.05) is 38.0 Å². The van der Waals surface area contributed by atoms with E-state index in [0.717, 1.165) is 16.5 Å². The summed E-state index contributed by atoms with van der Waals surface area (Å²) in [5.74, 6) is -0.479. The van der Waals surface area contributed by atoms with Crippen molar-refractivity contribution in [1.29, 1.82) is 0 Å². The molecule has 1 aliphatic rings. The highest BCUT2D eigenvalue weighted by Crippen LogP contribution is 2.25. The van der Waals surface area contributed by atoms with E-state index in [1.165, 1.54) is 0 Å². The first-order valence-corrected chi connectivity index (χ1v) is 10.1. The highest BCUT2D eigenvalue weighted by molar-refractivity contribution is 5.88. The first kappa shape index (κ1) is 21.6. The van der Waals surface area contributed by atoms with Crippen LogP contribution in [0.2, 0.25) is 0 Å². The van der Waals surface area contributed by atoms with Gasteiger partial charge in [0.05, 0.1) is 13.0 Å². The third-order valence-corrected chi connectivity index (χ3v) is 5.29. The molecule has 8 nitrogen and oxygen atoms in total. The molecular weight excluding hydrogens is 386 g/mol. The fourth-order valence-corrected chi connectivity index (χ4v) is 3.49. The molecule has 1 saturated heterocycles. The molecule has 8 heteroatoms. The lowest BCUT2D eigenvalue weighted by Crippen LogP contribution is -2.51. The maximum atomic E-state index is 12.5. The van der Waals surface area contributed by atoms with Crippen LogP contribution in [0, 0.1) is 0 Å². The first-order valence-electron chi connectivity index (χ1n) is 10.1. The quantitative estimate of drug-likeness (QED) is 0.678. The van der Waals surface area contributed by atoms with Crippen LogP contribution in [0.4, 0.5) is 0 Å². The number of piperazine rings is 1. The standard InChI is InChI=1S/C22H27N3O5/c23-18(22(28)29)8-9-20(26)24-11-13-25(14-12-24)21(27)10-15-30-19-7-3-5-16-4-1-2-6-17(16)19/h1-7,18H,8-15,23H2,(H,28,29)/t18-/m0/s1. The number of hydrogen-bond acceptors (Lipinski definition) is 5. The summed E-state index contributed by atoms with van der Waals surface area (Å²) in [5, 5.41) is 10.9. The largest absolute Gasteiger partial charge is 0.492 e. The minimum absolute atomic E-state index is 0.00441. The van der Waals surface area contributed by atoms with Gasteiger partial charge in [0.1, 0.15) is 11.8 Å². The Balaban J connectivity index is 1.41. The monoisotopic (exact) mass is 413 g/mol. The highest BCUT2D eigenvalue weighted by atomic mass is 16.5. The van der Waals surface area contributed by atoms with Crippen molar-refractivity contribution in [2.24, 2.45) is 5.73 Å². The van der Waals surface area contributed by atoms with E-state index in [0.29, 0.717) is 32.8 Å². The molecular formula is C22H27N3O5. The van der Waals surface area contributed by atoms with Gasteiger partial charge < -0.3 is 25.4 Å². The Kier molecular flexibility index (Phi) is 7.24. The molecule has 3 N–H and O–H groups in total. The van der Waals surface area contributed by atoms with E-state index in [2.05, 4.69) is 0 Å². The number of rotatable bonds is 8. The van der Waals surface area contributed by atoms with E-state index in [1.807, 2.05) is 42.5 Å². The molecule has 2 aromatic rings. The normalized spacial score (nSPS) is 15.1. The van der Waals surface area contributed by atoms with E-state index in [9.17, 15) is 14.4 Å². The van der Waals surface area contributed by atoms with Crippen LogP contribution in [-0.2, 0) is 14.4 Å². The molecule has 1 heterocycles. The van der Waals surface area contributed by atoms with Crippen molar-refractivity contribution in [3.8, 4) is 5.75 Å². The van der Waals surface area contributed by atoms with E-state index in [4.69, 9.17) is 15.6 Å². The Labute approximate surface area is 175 Å². The van der Waals surface area contributed by atoms with E-state index in [1.54, 1.807) is 9.80 Å². The minimum Gasteiger partial charge on any atom is -0.492 e. The van der Waals surface area contributed by atoms with Crippen LogP contribution < -0.4 is 10.5 Å². The van der Waals surface area contributed by atoms with E-state index in [-0.39, 0.29) is 31.1 Å². The lowest BCUT2D eigenvalue weighted by Gasteiger charge is -2.35. The Bertz CT molecular complexity index is 903. The number of fused-ring (bicyclic) bond motifs is 1. The number of amides is 2. The van der Waals surface area contributed by atoms with Crippen molar-refractivity contribution < 1.29 is 24.2 Å². The first-order chi connectivity index (χ1) is 14.5. The minimum atomic E-state index is -1.11. The van der Waals surface area contributed by atoms with Gasteiger partial charge in [-0.05, 0) is 17.9 Å². The zero-order valence-corrected chi connectivity index (χ0v) is 16.8. The fourth-order valence-electron chi connectivity index (χ4n) is 3.49. The van der Waals surface area contributed by atoms with Gasteiger partial charge in [-0.1, -0.05) is 36.4 Å². The van der Waals surface area contributed by atoms with Crippen LogP contribution in [0.3, 0.4) is 0 Å². The lowest BCUT2D eigenvalue weighted by atomic mass is 10.1. The Morgan fingerprint density at radius 2 is 1.53 bits per heavy atom. The average Bonchev–Trinajstić information content (AvgIpc) is 2.77. The second kappa shape index (κ2) is 10.1. The number of benzene rings is 2. The fraction of sp³-hybridized carbons (Fsp3) is 0.409. The average molecular weight is 413 g/mol. The predicted octanol–water partition coefficient (Wildman–Crippen LogP) is 1.47. The summed E-state index contributed by atoms with van der Waals surface area (Å²) >= 11 is 0. The van der Waals surface area contributed by atoms with Gasteiger partial charge in [0.25, 0.3) is 0 Å². The van der Waals surface area contributed by atoms with Gasteiger partial charge in [-0.2, -0.15) is 0 Å². The summed E-state index contributed by atoms with van der Waals surface area (Å²) in [7, 11) is 0. The molecule has 1 atom stereocenters. The molecule has 30 heavy (non-hydrogen) atoms. The van der Waals surface area contributed by atoms with E-state index < -0.39 is 12.0 Å². The maximum Gasteiger partial charge on any atom is 0.320 e. The van der Waals surface area contributed by atoms with Gasteiger partial charge in [0.2, 0.25) is 11.8 Å². The number of carbonyl (C=O) groups is 3. The van der Waals surface area contributed by atoms with Crippen molar-refractivity contribution in [2.75, 3.05) is 32.8 Å². The van der Waals surface area contributed by atoms with Crippen molar-refractivity contribution in [2.45, 2.75) is 25.3 Å². The molecule has 0 spiro atoms. The van der Waals surface area contributed by atoms with Crippen LogP contribution in [0.15, 0.2) is 42.5 Å². The van der Waals surface area contributed by atoms with E-state index >= 15 is 0 Å². The van der Waals surface area contributed by atoms with Gasteiger partial charge in [0.15, 0.2) is 0 Å². The molecule has 0 aromatic heterocycles.